The van der Waals surface area contributed by atoms with Crippen molar-refractivity contribution in [1.82, 2.24) is 20.0 Å². The number of hydrogen-bond acceptors (Lipinski definition) is 8. The molecule has 1 fully saturated rings. The normalized spacial score (nSPS) is 14.1. The van der Waals surface area contributed by atoms with E-state index in [0.29, 0.717) is 49.0 Å². The van der Waals surface area contributed by atoms with Crippen LogP contribution in [-0.4, -0.2) is 63.8 Å². The number of hydrogen-bond donors (Lipinski definition) is 1. The Morgan fingerprint density at radius 1 is 1.09 bits per heavy atom. The average molecular weight is 479 g/mol. The quantitative estimate of drug-likeness (QED) is 0.597. The van der Waals surface area contributed by atoms with Crippen LogP contribution < -0.4 is 10.2 Å². The topological polar surface area (TPSA) is 114 Å². The van der Waals surface area contributed by atoms with Crippen LogP contribution in [0.25, 0.3) is 11.3 Å². The van der Waals surface area contributed by atoms with E-state index >= 15 is 0 Å². The molecule has 10 nitrogen and oxygen atoms in total. The maximum atomic E-state index is 13.1. The largest absolute Gasteiger partial charge is 0.444 e. The monoisotopic (exact) mass is 478 g/mol. The summed E-state index contributed by atoms with van der Waals surface area (Å²) in [5, 5.41) is 6.91. The molecule has 4 rings (SSSR count). The van der Waals surface area contributed by atoms with Gasteiger partial charge in [-0.05, 0) is 52.8 Å². The zero-order chi connectivity index (χ0) is 25.2. The number of aryl methyl sites for hydroxylation is 2. The minimum Gasteiger partial charge on any atom is -0.444 e. The third-order valence-electron chi connectivity index (χ3n) is 5.59. The van der Waals surface area contributed by atoms with E-state index in [1.54, 1.807) is 29.4 Å². The number of rotatable bonds is 4. The molecular weight excluding hydrogens is 448 g/mol. The second kappa shape index (κ2) is 9.73. The molecule has 1 saturated heterocycles. The number of anilines is 2. The molecule has 0 bridgehead atoms. The molecule has 0 aromatic carbocycles. The molecule has 0 atom stereocenters. The van der Waals surface area contributed by atoms with E-state index in [9.17, 15) is 9.59 Å². The van der Waals surface area contributed by atoms with E-state index in [0.717, 1.165) is 11.3 Å². The molecule has 1 N–H and O–H groups in total. The number of carbonyl (C=O) groups is 2. The van der Waals surface area contributed by atoms with Crippen molar-refractivity contribution in [2.75, 3.05) is 36.4 Å². The molecule has 3 aromatic heterocycles. The Hall–Kier alpha value is -3.95. The fourth-order valence-electron chi connectivity index (χ4n) is 3.95. The summed E-state index contributed by atoms with van der Waals surface area (Å²) in [6.07, 6.45) is 2.98. The van der Waals surface area contributed by atoms with Crippen LogP contribution in [0.3, 0.4) is 0 Å². The molecule has 2 amide bonds. The van der Waals surface area contributed by atoms with E-state index in [-0.39, 0.29) is 17.7 Å². The molecule has 1 aliphatic rings. The standard InChI is InChI=1S/C25H30N6O4/c1-16-22(17(2)35-29-16)18-7-6-8-19(27-18)23(32)28-20-15-26-10-9-21(20)30-11-13-31(14-12-30)24(33)34-25(3,4)5/h6-10,15H,11-14H2,1-5H3,(H,28,32). The number of nitrogens with zero attached hydrogens (tertiary/aromatic N) is 5. The predicted octanol–water partition coefficient (Wildman–Crippen LogP) is 4.06. The Bertz CT molecular complexity index is 1210. The van der Waals surface area contributed by atoms with Crippen molar-refractivity contribution in [3.63, 3.8) is 0 Å². The van der Waals surface area contributed by atoms with Crippen molar-refractivity contribution in [3.05, 3.63) is 53.8 Å². The number of nitrogens with one attached hydrogen (secondary N) is 1. The lowest BCUT2D eigenvalue weighted by Crippen LogP contribution is -2.50. The summed E-state index contributed by atoms with van der Waals surface area (Å²) in [7, 11) is 0. The lowest BCUT2D eigenvalue weighted by Gasteiger charge is -2.37. The van der Waals surface area contributed by atoms with Crippen molar-refractivity contribution in [3.8, 4) is 11.3 Å². The molecule has 10 heteroatoms. The van der Waals surface area contributed by atoms with Gasteiger partial charge in [-0.25, -0.2) is 9.78 Å². The Labute approximate surface area is 204 Å². The average Bonchev–Trinajstić information content (AvgIpc) is 3.16. The van der Waals surface area contributed by atoms with Gasteiger partial charge in [0.15, 0.2) is 0 Å². The van der Waals surface area contributed by atoms with Crippen molar-refractivity contribution >= 4 is 23.4 Å². The SMILES string of the molecule is Cc1noc(C)c1-c1cccc(C(=O)Nc2cnccc2N2CCN(C(=O)OC(C)(C)C)CC2)n1. The maximum absolute atomic E-state index is 13.1. The molecule has 3 aromatic rings. The minimum atomic E-state index is -0.534. The highest BCUT2D eigenvalue weighted by atomic mass is 16.6. The van der Waals surface area contributed by atoms with Gasteiger partial charge in [0, 0.05) is 32.4 Å². The van der Waals surface area contributed by atoms with Gasteiger partial charge in [0.1, 0.15) is 17.1 Å². The van der Waals surface area contributed by atoms with Crippen LogP contribution in [-0.2, 0) is 4.74 Å². The summed E-state index contributed by atoms with van der Waals surface area (Å²) in [4.78, 5) is 38.0. The van der Waals surface area contributed by atoms with Gasteiger partial charge in [-0.3, -0.25) is 9.78 Å². The molecule has 0 radical (unpaired) electrons. The van der Waals surface area contributed by atoms with E-state index in [2.05, 4.69) is 25.3 Å². The minimum absolute atomic E-state index is 0.270. The molecular formula is C25H30N6O4. The van der Waals surface area contributed by atoms with Crippen LogP contribution in [0.5, 0.6) is 0 Å². The van der Waals surface area contributed by atoms with Gasteiger partial charge < -0.3 is 24.4 Å². The molecule has 4 heterocycles. The smallest absolute Gasteiger partial charge is 0.410 e. The summed E-state index contributed by atoms with van der Waals surface area (Å²) in [5.41, 5.74) is 3.27. The Kier molecular flexibility index (Phi) is 6.72. The van der Waals surface area contributed by atoms with Crippen molar-refractivity contribution in [2.45, 2.75) is 40.2 Å². The van der Waals surface area contributed by atoms with E-state index < -0.39 is 5.60 Å². The first-order chi connectivity index (χ1) is 16.6. The van der Waals surface area contributed by atoms with Crippen molar-refractivity contribution < 1.29 is 18.8 Å². The van der Waals surface area contributed by atoms with Crippen LogP contribution in [0.4, 0.5) is 16.2 Å². The first kappa shape index (κ1) is 24.2. The third-order valence-corrected chi connectivity index (χ3v) is 5.59. The number of ether oxygens (including phenoxy) is 1. The summed E-state index contributed by atoms with van der Waals surface area (Å²) >= 11 is 0. The zero-order valence-electron chi connectivity index (χ0n) is 20.7. The second-order valence-corrected chi connectivity index (χ2v) is 9.41. The van der Waals surface area contributed by atoms with Gasteiger partial charge in [0.05, 0.1) is 34.5 Å². The number of aromatic nitrogens is 3. The van der Waals surface area contributed by atoms with Gasteiger partial charge in [-0.2, -0.15) is 0 Å². The fraction of sp³-hybridized carbons (Fsp3) is 0.400. The van der Waals surface area contributed by atoms with Crippen LogP contribution in [0.15, 0.2) is 41.2 Å². The molecule has 0 saturated carbocycles. The Morgan fingerprint density at radius 3 is 2.49 bits per heavy atom. The zero-order valence-corrected chi connectivity index (χ0v) is 20.7. The highest BCUT2D eigenvalue weighted by Gasteiger charge is 2.27. The van der Waals surface area contributed by atoms with Gasteiger partial charge in [-0.1, -0.05) is 11.2 Å². The third kappa shape index (κ3) is 5.59. The Morgan fingerprint density at radius 2 is 1.83 bits per heavy atom. The van der Waals surface area contributed by atoms with Gasteiger partial charge in [0.2, 0.25) is 0 Å². The summed E-state index contributed by atoms with van der Waals surface area (Å²) < 4.78 is 10.7. The van der Waals surface area contributed by atoms with Crippen LogP contribution in [0.2, 0.25) is 0 Å². The summed E-state index contributed by atoms with van der Waals surface area (Å²) in [5.74, 6) is 0.299. The molecule has 0 unspecified atom stereocenters. The van der Waals surface area contributed by atoms with E-state index in [4.69, 9.17) is 9.26 Å². The van der Waals surface area contributed by atoms with Crippen molar-refractivity contribution in [1.29, 1.82) is 0 Å². The molecule has 0 spiro atoms. The molecule has 35 heavy (non-hydrogen) atoms. The first-order valence-corrected chi connectivity index (χ1v) is 11.5. The van der Waals surface area contributed by atoms with Crippen LogP contribution in [0.1, 0.15) is 42.7 Å². The number of piperazine rings is 1. The van der Waals surface area contributed by atoms with Crippen LogP contribution in [0, 0.1) is 13.8 Å². The Balaban J connectivity index is 1.47. The van der Waals surface area contributed by atoms with E-state index in [1.165, 1.54) is 0 Å². The second-order valence-electron chi connectivity index (χ2n) is 9.41. The fourth-order valence-corrected chi connectivity index (χ4v) is 3.95. The number of pyridine rings is 2. The molecule has 0 aliphatic carbocycles. The summed E-state index contributed by atoms with van der Waals surface area (Å²) in [6.45, 7) is 11.5. The van der Waals surface area contributed by atoms with Crippen LogP contribution >= 0.6 is 0 Å². The first-order valence-electron chi connectivity index (χ1n) is 11.5. The lowest BCUT2D eigenvalue weighted by atomic mass is 10.1. The van der Waals surface area contributed by atoms with Gasteiger partial charge in [-0.15, -0.1) is 0 Å². The summed E-state index contributed by atoms with van der Waals surface area (Å²) in [6, 6.07) is 7.12. The highest BCUT2D eigenvalue weighted by molar-refractivity contribution is 6.04. The van der Waals surface area contributed by atoms with Gasteiger partial charge >= 0.3 is 6.09 Å². The van der Waals surface area contributed by atoms with Gasteiger partial charge in [0.25, 0.3) is 5.91 Å². The van der Waals surface area contributed by atoms with Crippen molar-refractivity contribution in [2.24, 2.45) is 0 Å². The number of amides is 2. The molecule has 1 aliphatic heterocycles. The maximum Gasteiger partial charge on any atom is 0.410 e. The van der Waals surface area contributed by atoms with E-state index in [1.807, 2.05) is 46.8 Å². The highest BCUT2D eigenvalue weighted by Crippen LogP contribution is 2.28. The lowest BCUT2D eigenvalue weighted by molar-refractivity contribution is 0.0240. The molecule has 184 valence electrons. The number of carbonyl (C=O) groups excluding carboxylic acids is 2. The predicted molar refractivity (Wildman–Crippen MR) is 131 cm³/mol.